The molecule has 0 aromatic heterocycles. The number of amides is 2. The van der Waals surface area contributed by atoms with Gasteiger partial charge in [-0.3, -0.25) is 0 Å². The Hall–Kier alpha value is -1.91. The molecule has 0 aliphatic rings. The molecule has 0 saturated heterocycles. The highest BCUT2D eigenvalue weighted by Crippen LogP contribution is 2.24. The molecular weight excluding hydrogens is 244 g/mol. The highest BCUT2D eigenvalue weighted by Gasteiger charge is 2.10. The lowest BCUT2D eigenvalue weighted by Crippen LogP contribution is -2.39. The van der Waals surface area contributed by atoms with Crippen molar-refractivity contribution < 1.29 is 14.3 Å². The van der Waals surface area contributed by atoms with Crippen LogP contribution in [0.2, 0.25) is 0 Å². The molecule has 0 radical (unpaired) electrons. The Balaban J connectivity index is 2.69. The third-order valence-electron chi connectivity index (χ3n) is 2.97. The number of carbonyl (C=O) groups is 1. The van der Waals surface area contributed by atoms with E-state index in [-0.39, 0.29) is 6.03 Å². The summed E-state index contributed by atoms with van der Waals surface area (Å²) >= 11 is 0. The van der Waals surface area contributed by atoms with Crippen LogP contribution in [-0.4, -0.2) is 38.2 Å². The fourth-order valence-electron chi connectivity index (χ4n) is 1.79. The normalized spacial score (nSPS) is 9.89. The van der Waals surface area contributed by atoms with Crippen LogP contribution >= 0.6 is 0 Å². The first-order valence-electron chi connectivity index (χ1n) is 6.39. The summed E-state index contributed by atoms with van der Waals surface area (Å²) in [6.07, 6.45) is 0. The number of ether oxygens (including phenoxy) is 2. The van der Waals surface area contributed by atoms with Crippen LogP contribution in [0.4, 0.5) is 4.79 Å². The Morgan fingerprint density at radius 3 is 2.42 bits per heavy atom. The zero-order chi connectivity index (χ0) is 14.3. The minimum atomic E-state index is -0.0668. The molecule has 1 aromatic carbocycles. The summed E-state index contributed by atoms with van der Waals surface area (Å²) in [6, 6.07) is 5.48. The molecule has 1 aromatic rings. The van der Waals surface area contributed by atoms with Gasteiger partial charge < -0.3 is 19.7 Å². The van der Waals surface area contributed by atoms with Crippen molar-refractivity contribution in [2.24, 2.45) is 0 Å². The van der Waals surface area contributed by atoms with Crippen LogP contribution in [0.1, 0.15) is 19.4 Å². The summed E-state index contributed by atoms with van der Waals surface area (Å²) < 4.78 is 10.4. The Labute approximate surface area is 114 Å². The molecule has 5 heteroatoms. The van der Waals surface area contributed by atoms with Gasteiger partial charge in [0, 0.05) is 31.3 Å². The summed E-state index contributed by atoms with van der Waals surface area (Å²) in [5.41, 5.74) is 0.920. The van der Waals surface area contributed by atoms with Crippen LogP contribution in [0.15, 0.2) is 18.2 Å². The molecule has 0 unspecified atom stereocenters. The van der Waals surface area contributed by atoms with Gasteiger partial charge in [0.25, 0.3) is 0 Å². The van der Waals surface area contributed by atoms with Gasteiger partial charge in [-0.05, 0) is 26.0 Å². The minimum Gasteiger partial charge on any atom is -0.497 e. The summed E-state index contributed by atoms with van der Waals surface area (Å²) in [6.45, 7) is 5.74. The van der Waals surface area contributed by atoms with Crippen molar-refractivity contribution in [1.29, 1.82) is 0 Å². The SMILES string of the molecule is CCN(CC)C(=O)NCc1ccc(OC)cc1OC. The maximum atomic E-state index is 11.9. The largest absolute Gasteiger partial charge is 0.497 e. The number of carbonyl (C=O) groups excluding carboxylic acids is 1. The number of nitrogens with zero attached hydrogens (tertiary/aromatic N) is 1. The van der Waals surface area contributed by atoms with Crippen LogP contribution < -0.4 is 14.8 Å². The number of nitrogens with one attached hydrogen (secondary N) is 1. The highest BCUT2D eigenvalue weighted by molar-refractivity contribution is 5.74. The van der Waals surface area contributed by atoms with Crippen LogP contribution in [0.3, 0.4) is 0 Å². The number of hydrogen-bond acceptors (Lipinski definition) is 3. The maximum absolute atomic E-state index is 11.9. The fourth-order valence-corrected chi connectivity index (χ4v) is 1.79. The fraction of sp³-hybridized carbons (Fsp3) is 0.500. The van der Waals surface area contributed by atoms with E-state index in [0.717, 1.165) is 11.3 Å². The number of hydrogen-bond donors (Lipinski definition) is 1. The monoisotopic (exact) mass is 266 g/mol. The topological polar surface area (TPSA) is 50.8 Å². The molecule has 106 valence electrons. The first-order chi connectivity index (χ1) is 9.15. The molecule has 0 saturated carbocycles. The number of methoxy groups -OCH3 is 2. The minimum absolute atomic E-state index is 0.0668. The molecule has 0 aliphatic carbocycles. The predicted molar refractivity (Wildman–Crippen MR) is 74.7 cm³/mol. The molecular formula is C14H22N2O3. The van der Waals surface area contributed by atoms with Crippen LogP contribution in [0.5, 0.6) is 11.5 Å². The van der Waals surface area contributed by atoms with Gasteiger partial charge in [0.15, 0.2) is 0 Å². The number of rotatable bonds is 6. The van der Waals surface area contributed by atoms with Crippen molar-refractivity contribution in [3.05, 3.63) is 23.8 Å². The first kappa shape index (κ1) is 15.1. The van der Waals surface area contributed by atoms with Gasteiger partial charge in [-0.2, -0.15) is 0 Å². The van der Waals surface area contributed by atoms with Crippen molar-refractivity contribution in [3.8, 4) is 11.5 Å². The zero-order valence-electron chi connectivity index (χ0n) is 12.0. The van der Waals surface area contributed by atoms with Crippen molar-refractivity contribution >= 4 is 6.03 Å². The summed E-state index contributed by atoms with van der Waals surface area (Å²) in [5, 5.41) is 2.88. The van der Waals surface area contributed by atoms with Gasteiger partial charge in [0.05, 0.1) is 14.2 Å². The third-order valence-corrected chi connectivity index (χ3v) is 2.97. The van der Waals surface area contributed by atoms with E-state index < -0.39 is 0 Å². The summed E-state index contributed by atoms with van der Waals surface area (Å²) in [4.78, 5) is 13.6. The first-order valence-corrected chi connectivity index (χ1v) is 6.39. The van der Waals surface area contributed by atoms with Crippen LogP contribution in [0, 0.1) is 0 Å². The molecule has 1 rings (SSSR count). The average molecular weight is 266 g/mol. The molecule has 2 amide bonds. The second-order valence-corrected chi connectivity index (χ2v) is 4.01. The lowest BCUT2D eigenvalue weighted by molar-refractivity contribution is 0.202. The van der Waals surface area contributed by atoms with Crippen molar-refractivity contribution in [1.82, 2.24) is 10.2 Å². The van der Waals surface area contributed by atoms with Gasteiger partial charge in [-0.25, -0.2) is 4.79 Å². The van der Waals surface area contributed by atoms with E-state index in [0.29, 0.717) is 25.4 Å². The van der Waals surface area contributed by atoms with E-state index in [1.165, 1.54) is 0 Å². The molecule has 0 fully saturated rings. The van der Waals surface area contributed by atoms with Crippen LogP contribution in [-0.2, 0) is 6.54 Å². The summed E-state index contributed by atoms with van der Waals surface area (Å²) in [7, 11) is 3.21. The van der Waals surface area contributed by atoms with Gasteiger partial charge in [0.2, 0.25) is 0 Å². The van der Waals surface area contributed by atoms with Crippen molar-refractivity contribution in [2.45, 2.75) is 20.4 Å². The molecule has 0 bridgehead atoms. The molecule has 19 heavy (non-hydrogen) atoms. The van der Waals surface area contributed by atoms with Crippen LogP contribution in [0.25, 0.3) is 0 Å². The Morgan fingerprint density at radius 1 is 1.21 bits per heavy atom. The molecule has 0 spiro atoms. The predicted octanol–water partition coefficient (Wildman–Crippen LogP) is 2.26. The smallest absolute Gasteiger partial charge is 0.317 e. The van der Waals surface area contributed by atoms with E-state index in [2.05, 4.69) is 5.32 Å². The third kappa shape index (κ3) is 4.05. The van der Waals surface area contributed by atoms with Crippen molar-refractivity contribution in [3.63, 3.8) is 0 Å². The average Bonchev–Trinajstić information content (AvgIpc) is 2.46. The Morgan fingerprint density at radius 2 is 1.89 bits per heavy atom. The molecule has 0 atom stereocenters. The van der Waals surface area contributed by atoms with Gasteiger partial charge >= 0.3 is 6.03 Å². The Bertz CT molecular complexity index is 417. The molecule has 0 aliphatic heterocycles. The molecule has 1 N–H and O–H groups in total. The Kier molecular flexibility index (Phi) is 5.99. The second-order valence-electron chi connectivity index (χ2n) is 4.01. The standard InChI is InChI=1S/C14H22N2O3/c1-5-16(6-2)14(17)15-10-11-7-8-12(18-3)9-13(11)19-4/h7-9H,5-6,10H2,1-4H3,(H,15,17). The second kappa shape index (κ2) is 7.51. The van der Waals surface area contributed by atoms with Gasteiger partial charge in [-0.15, -0.1) is 0 Å². The van der Waals surface area contributed by atoms with E-state index in [1.54, 1.807) is 25.2 Å². The lowest BCUT2D eigenvalue weighted by Gasteiger charge is -2.19. The zero-order valence-corrected chi connectivity index (χ0v) is 12.0. The van der Waals surface area contributed by atoms with E-state index in [4.69, 9.17) is 9.47 Å². The quantitative estimate of drug-likeness (QED) is 0.859. The van der Waals surface area contributed by atoms with Gasteiger partial charge in [-0.1, -0.05) is 0 Å². The van der Waals surface area contributed by atoms with Gasteiger partial charge in [0.1, 0.15) is 11.5 Å². The van der Waals surface area contributed by atoms with E-state index in [1.807, 2.05) is 26.0 Å². The summed E-state index contributed by atoms with van der Waals surface area (Å²) in [5.74, 6) is 1.44. The lowest BCUT2D eigenvalue weighted by atomic mass is 10.2. The highest BCUT2D eigenvalue weighted by atomic mass is 16.5. The van der Waals surface area contributed by atoms with Crippen molar-refractivity contribution in [2.75, 3.05) is 27.3 Å². The van der Waals surface area contributed by atoms with E-state index >= 15 is 0 Å². The maximum Gasteiger partial charge on any atom is 0.317 e. The van der Waals surface area contributed by atoms with E-state index in [9.17, 15) is 4.79 Å². The molecule has 5 nitrogen and oxygen atoms in total. The molecule has 0 heterocycles. The number of urea groups is 1. The number of benzene rings is 1.